The quantitative estimate of drug-likeness (QED) is 0.506. The SMILES string of the molecule is C#CC1(COC)CCC1. The van der Waals surface area contributed by atoms with E-state index in [1.54, 1.807) is 7.11 Å². The lowest BCUT2D eigenvalue weighted by Crippen LogP contribution is -2.32. The molecule has 50 valence electrons. The highest BCUT2D eigenvalue weighted by molar-refractivity contribution is 5.10. The fourth-order valence-electron chi connectivity index (χ4n) is 1.21. The van der Waals surface area contributed by atoms with E-state index in [1.807, 2.05) is 0 Å². The summed E-state index contributed by atoms with van der Waals surface area (Å²) in [5, 5.41) is 0. The fraction of sp³-hybridized carbons (Fsp3) is 0.750. The Balaban J connectivity index is 2.40. The molecule has 0 atom stereocenters. The van der Waals surface area contributed by atoms with Gasteiger partial charge in [0, 0.05) is 7.11 Å². The van der Waals surface area contributed by atoms with Crippen LogP contribution in [0.1, 0.15) is 19.3 Å². The second-order valence-electron chi connectivity index (χ2n) is 2.71. The van der Waals surface area contributed by atoms with Crippen molar-refractivity contribution in [2.24, 2.45) is 5.41 Å². The number of hydrogen-bond donors (Lipinski definition) is 0. The van der Waals surface area contributed by atoms with Crippen LogP contribution in [0, 0.1) is 17.8 Å². The average molecular weight is 124 g/mol. The summed E-state index contributed by atoms with van der Waals surface area (Å²) in [7, 11) is 1.71. The van der Waals surface area contributed by atoms with Crippen LogP contribution in [0.15, 0.2) is 0 Å². The number of methoxy groups -OCH3 is 1. The lowest BCUT2D eigenvalue weighted by Gasteiger charge is -2.36. The van der Waals surface area contributed by atoms with E-state index in [1.165, 1.54) is 6.42 Å². The molecule has 0 heterocycles. The second-order valence-corrected chi connectivity index (χ2v) is 2.71. The third-order valence-electron chi connectivity index (χ3n) is 2.04. The van der Waals surface area contributed by atoms with Crippen LogP contribution in [-0.4, -0.2) is 13.7 Å². The molecule has 0 bridgehead atoms. The molecule has 9 heavy (non-hydrogen) atoms. The standard InChI is InChI=1S/C8H12O/c1-3-8(7-9-2)5-4-6-8/h1H,4-7H2,2H3. The first-order valence-corrected chi connectivity index (χ1v) is 3.30. The summed E-state index contributed by atoms with van der Waals surface area (Å²) in [6.45, 7) is 0.740. The maximum absolute atomic E-state index is 5.32. The Morgan fingerprint density at radius 3 is 2.44 bits per heavy atom. The number of rotatable bonds is 2. The number of hydrogen-bond acceptors (Lipinski definition) is 1. The Morgan fingerprint density at radius 2 is 2.33 bits per heavy atom. The second kappa shape index (κ2) is 2.41. The Kier molecular flexibility index (Phi) is 1.78. The molecule has 0 N–H and O–H groups in total. The van der Waals surface area contributed by atoms with Crippen LogP contribution < -0.4 is 0 Å². The third-order valence-corrected chi connectivity index (χ3v) is 2.04. The fourth-order valence-corrected chi connectivity index (χ4v) is 1.21. The molecule has 0 amide bonds. The van der Waals surface area contributed by atoms with Gasteiger partial charge in [0.25, 0.3) is 0 Å². The highest BCUT2D eigenvalue weighted by Crippen LogP contribution is 2.39. The maximum Gasteiger partial charge on any atom is 0.0628 e. The van der Waals surface area contributed by atoms with E-state index in [4.69, 9.17) is 11.2 Å². The molecule has 1 nitrogen and oxygen atoms in total. The van der Waals surface area contributed by atoms with Crippen molar-refractivity contribution in [3.8, 4) is 12.3 Å². The predicted molar refractivity (Wildman–Crippen MR) is 37.0 cm³/mol. The molecule has 1 aliphatic carbocycles. The smallest absolute Gasteiger partial charge is 0.0628 e. The van der Waals surface area contributed by atoms with Crippen molar-refractivity contribution in [1.82, 2.24) is 0 Å². The molecule has 0 aromatic rings. The molecule has 0 spiro atoms. The molecule has 0 unspecified atom stereocenters. The molecule has 1 saturated carbocycles. The topological polar surface area (TPSA) is 9.23 Å². The molecule has 1 heteroatoms. The number of ether oxygens (including phenoxy) is 1. The lowest BCUT2D eigenvalue weighted by molar-refractivity contribution is 0.0640. The van der Waals surface area contributed by atoms with Crippen LogP contribution in [-0.2, 0) is 4.74 Å². The molecule has 0 radical (unpaired) electrons. The highest BCUT2D eigenvalue weighted by atomic mass is 16.5. The first-order valence-electron chi connectivity index (χ1n) is 3.30. The van der Waals surface area contributed by atoms with Gasteiger partial charge in [-0.3, -0.25) is 0 Å². The minimum atomic E-state index is 0.120. The highest BCUT2D eigenvalue weighted by Gasteiger charge is 2.34. The zero-order chi connectivity index (χ0) is 6.74. The Hall–Kier alpha value is -0.480. The van der Waals surface area contributed by atoms with E-state index in [2.05, 4.69) is 5.92 Å². The molecule has 1 aliphatic rings. The van der Waals surface area contributed by atoms with Gasteiger partial charge in [-0.2, -0.15) is 0 Å². The normalized spacial score (nSPS) is 22.2. The molecule has 0 saturated heterocycles. The zero-order valence-electron chi connectivity index (χ0n) is 5.81. The summed E-state index contributed by atoms with van der Waals surface area (Å²) in [4.78, 5) is 0. The van der Waals surface area contributed by atoms with Gasteiger partial charge in [0.15, 0.2) is 0 Å². The van der Waals surface area contributed by atoms with Gasteiger partial charge < -0.3 is 4.74 Å². The van der Waals surface area contributed by atoms with Crippen molar-refractivity contribution in [1.29, 1.82) is 0 Å². The molecule has 0 aromatic carbocycles. The van der Waals surface area contributed by atoms with Crippen molar-refractivity contribution in [3.05, 3.63) is 0 Å². The zero-order valence-corrected chi connectivity index (χ0v) is 5.81. The van der Waals surface area contributed by atoms with Gasteiger partial charge in [-0.1, -0.05) is 12.3 Å². The van der Waals surface area contributed by atoms with Crippen LogP contribution in [0.25, 0.3) is 0 Å². The summed E-state index contributed by atoms with van der Waals surface area (Å²) in [5.41, 5.74) is 0.120. The largest absolute Gasteiger partial charge is 0.383 e. The van der Waals surface area contributed by atoms with Crippen molar-refractivity contribution in [2.45, 2.75) is 19.3 Å². The van der Waals surface area contributed by atoms with Gasteiger partial charge in [-0.05, 0) is 12.8 Å². The molecular formula is C8H12O. The van der Waals surface area contributed by atoms with Crippen molar-refractivity contribution in [3.63, 3.8) is 0 Å². The van der Waals surface area contributed by atoms with E-state index in [9.17, 15) is 0 Å². The van der Waals surface area contributed by atoms with E-state index in [0.29, 0.717) is 0 Å². The van der Waals surface area contributed by atoms with E-state index < -0.39 is 0 Å². The van der Waals surface area contributed by atoms with E-state index >= 15 is 0 Å². The summed E-state index contributed by atoms with van der Waals surface area (Å²) in [6, 6.07) is 0. The Labute approximate surface area is 56.4 Å². The average Bonchev–Trinajstić information content (AvgIpc) is 1.79. The summed E-state index contributed by atoms with van der Waals surface area (Å²) in [5.74, 6) is 2.79. The van der Waals surface area contributed by atoms with Gasteiger partial charge in [0.2, 0.25) is 0 Å². The van der Waals surface area contributed by atoms with Gasteiger partial charge in [0.1, 0.15) is 0 Å². The van der Waals surface area contributed by atoms with Crippen LogP contribution in [0.2, 0.25) is 0 Å². The van der Waals surface area contributed by atoms with E-state index in [-0.39, 0.29) is 5.41 Å². The van der Waals surface area contributed by atoms with E-state index in [0.717, 1.165) is 19.4 Å². The first-order chi connectivity index (χ1) is 4.33. The van der Waals surface area contributed by atoms with Crippen LogP contribution in [0.4, 0.5) is 0 Å². The van der Waals surface area contributed by atoms with Gasteiger partial charge >= 0.3 is 0 Å². The summed E-state index contributed by atoms with van der Waals surface area (Å²) >= 11 is 0. The molecule has 0 aliphatic heterocycles. The molecule has 0 aromatic heterocycles. The van der Waals surface area contributed by atoms with Crippen molar-refractivity contribution < 1.29 is 4.74 Å². The summed E-state index contributed by atoms with van der Waals surface area (Å²) in [6.07, 6.45) is 8.90. The molecule has 1 fully saturated rings. The van der Waals surface area contributed by atoms with Gasteiger partial charge in [-0.25, -0.2) is 0 Å². The van der Waals surface area contributed by atoms with Crippen LogP contribution >= 0.6 is 0 Å². The summed E-state index contributed by atoms with van der Waals surface area (Å²) < 4.78 is 5.00. The monoisotopic (exact) mass is 124 g/mol. The minimum absolute atomic E-state index is 0.120. The first kappa shape index (κ1) is 6.64. The van der Waals surface area contributed by atoms with Gasteiger partial charge in [0.05, 0.1) is 12.0 Å². The molecule has 1 rings (SSSR count). The minimum Gasteiger partial charge on any atom is -0.383 e. The van der Waals surface area contributed by atoms with Crippen molar-refractivity contribution in [2.75, 3.05) is 13.7 Å². The van der Waals surface area contributed by atoms with Crippen molar-refractivity contribution >= 4 is 0 Å². The molecular weight excluding hydrogens is 112 g/mol. The predicted octanol–water partition coefficient (Wildman–Crippen LogP) is 1.44. The maximum atomic E-state index is 5.32. The van der Waals surface area contributed by atoms with Crippen LogP contribution in [0.5, 0.6) is 0 Å². The Morgan fingerprint density at radius 1 is 1.67 bits per heavy atom. The van der Waals surface area contributed by atoms with Crippen LogP contribution in [0.3, 0.4) is 0 Å². The number of terminal acetylenes is 1. The lowest BCUT2D eigenvalue weighted by atomic mass is 9.70. The Bertz CT molecular complexity index is 128. The third kappa shape index (κ3) is 1.09. The van der Waals surface area contributed by atoms with Gasteiger partial charge in [-0.15, -0.1) is 6.42 Å².